The summed E-state index contributed by atoms with van der Waals surface area (Å²) in [4.78, 5) is 29.6. The maximum absolute atomic E-state index is 12.4. The minimum atomic E-state index is -0.661. The Balaban J connectivity index is 1.76. The van der Waals surface area contributed by atoms with Crippen LogP contribution in [0.5, 0.6) is 5.88 Å². The first-order valence-corrected chi connectivity index (χ1v) is 10.1. The third kappa shape index (κ3) is 4.10. The fraction of sp³-hybridized carbons (Fsp3) is 0.0909. The van der Waals surface area contributed by atoms with Gasteiger partial charge < -0.3 is 10.5 Å². The van der Waals surface area contributed by atoms with Crippen LogP contribution in [-0.4, -0.2) is 27.3 Å². The summed E-state index contributed by atoms with van der Waals surface area (Å²) < 4.78 is 6.39. The Morgan fingerprint density at radius 1 is 1.29 bits per heavy atom. The van der Waals surface area contributed by atoms with Gasteiger partial charge in [-0.2, -0.15) is 9.94 Å². The summed E-state index contributed by atoms with van der Waals surface area (Å²) in [6, 6.07) is 16.6. The van der Waals surface area contributed by atoms with E-state index in [9.17, 15) is 14.9 Å². The van der Waals surface area contributed by atoms with Crippen LogP contribution in [-0.2, 0) is 0 Å². The van der Waals surface area contributed by atoms with Gasteiger partial charge in [-0.1, -0.05) is 35.9 Å². The fourth-order valence-corrected chi connectivity index (χ4v) is 3.73. The van der Waals surface area contributed by atoms with Gasteiger partial charge in [0.2, 0.25) is 5.88 Å². The first kappa shape index (κ1) is 20.1. The Hall–Kier alpha value is -4.16. The van der Waals surface area contributed by atoms with E-state index in [1.807, 2.05) is 54.8 Å². The maximum atomic E-state index is 12.4. The molecule has 0 fully saturated rings. The predicted molar refractivity (Wildman–Crippen MR) is 118 cm³/mol. The molecule has 0 aliphatic rings. The topological polar surface area (TPSA) is 127 Å². The highest BCUT2D eigenvalue weighted by Crippen LogP contribution is 2.35. The third-order valence-corrected chi connectivity index (χ3v) is 5.45. The molecule has 1 aromatic carbocycles. The number of aromatic amines is 1. The Morgan fingerprint density at radius 2 is 2.06 bits per heavy atom. The lowest BCUT2D eigenvalue weighted by molar-refractivity contribution is 0.0813. The van der Waals surface area contributed by atoms with Crippen LogP contribution >= 0.6 is 11.3 Å². The van der Waals surface area contributed by atoms with Crippen molar-refractivity contribution in [2.75, 3.05) is 12.3 Å². The Morgan fingerprint density at radius 3 is 2.68 bits per heavy atom. The molecular formula is C22H17N5O3S. The molecule has 154 valence electrons. The van der Waals surface area contributed by atoms with Crippen molar-refractivity contribution in [3.8, 4) is 33.6 Å². The number of thiophene rings is 1. The number of carbonyl (C=O) groups excluding carboxylic acids is 1. The molecule has 4 rings (SSSR count). The van der Waals surface area contributed by atoms with E-state index in [1.54, 1.807) is 0 Å². The van der Waals surface area contributed by atoms with Crippen molar-refractivity contribution in [3.63, 3.8) is 0 Å². The second kappa shape index (κ2) is 8.30. The molecule has 3 heterocycles. The van der Waals surface area contributed by atoms with Crippen molar-refractivity contribution in [2.45, 2.75) is 6.92 Å². The molecule has 0 spiro atoms. The summed E-state index contributed by atoms with van der Waals surface area (Å²) in [6.07, 6.45) is 0. The first-order chi connectivity index (χ1) is 15.0. The molecule has 9 heteroatoms. The van der Waals surface area contributed by atoms with E-state index < -0.39 is 18.1 Å². The molecule has 0 atom stereocenters. The molecular weight excluding hydrogens is 414 g/mol. The molecule has 0 bridgehead atoms. The number of nitrogens with zero attached hydrogens (tertiary/aromatic N) is 3. The number of hydrogen-bond donors (Lipinski definition) is 2. The summed E-state index contributed by atoms with van der Waals surface area (Å²) in [5, 5.41) is 14.2. The molecule has 31 heavy (non-hydrogen) atoms. The minimum Gasteiger partial charge on any atom is -0.466 e. The van der Waals surface area contributed by atoms with E-state index in [-0.39, 0.29) is 17.3 Å². The van der Waals surface area contributed by atoms with Crippen molar-refractivity contribution in [1.29, 1.82) is 5.26 Å². The molecule has 0 saturated carbocycles. The molecule has 3 aromatic heterocycles. The Labute approximate surface area is 181 Å². The highest BCUT2D eigenvalue weighted by Gasteiger charge is 2.19. The van der Waals surface area contributed by atoms with Gasteiger partial charge in [0, 0.05) is 11.6 Å². The van der Waals surface area contributed by atoms with Gasteiger partial charge in [-0.3, -0.25) is 14.7 Å². The molecule has 8 nitrogen and oxygen atoms in total. The summed E-state index contributed by atoms with van der Waals surface area (Å²) in [6.45, 7) is 1.48. The SMILES string of the molecule is Cc1ccc(-c2cc(-c3cccs3)nc(OCC(=O)n3[nH]c(N)cc3=O)c2C#N)cc1. The van der Waals surface area contributed by atoms with Crippen LogP contribution in [0.25, 0.3) is 21.7 Å². The average molecular weight is 431 g/mol. The predicted octanol–water partition coefficient (Wildman–Crippen LogP) is 3.45. The number of nitrogens with one attached hydrogen (secondary N) is 1. The van der Waals surface area contributed by atoms with Gasteiger partial charge in [0.05, 0.1) is 10.6 Å². The summed E-state index contributed by atoms with van der Waals surface area (Å²) in [5.74, 6) is -0.578. The van der Waals surface area contributed by atoms with Gasteiger partial charge in [0.1, 0.15) is 17.5 Å². The second-order valence-corrected chi connectivity index (χ2v) is 7.71. The van der Waals surface area contributed by atoms with Gasteiger partial charge in [0.15, 0.2) is 6.61 Å². The zero-order chi connectivity index (χ0) is 22.0. The summed E-state index contributed by atoms with van der Waals surface area (Å²) >= 11 is 1.50. The molecule has 4 aromatic rings. The molecule has 0 aliphatic heterocycles. The van der Waals surface area contributed by atoms with E-state index in [0.29, 0.717) is 11.3 Å². The number of pyridine rings is 1. The van der Waals surface area contributed by atoms with E-state index in [1.165, 1.54) is 11.3 Å². The molecule has 0 radical (unpaired) electrons. The average Bonchev–Trinajstić information content (AvgIpc) is 3.41. The van der Waals surface area contributed by atoms with E-state index in [0.717, 1.165) is 26.8 Å². The standard InChI is InChI=1S/C22H17N5O3S/c1-13-4-6-14(7-5-13)15-9-17(18-3-2-8-31-18)25-22(16(15)11-23)30-12-21(29)27-20(28)10-19(24)26-27/h2-10,26H,12,24H2,1H3. The molecule has 0 amide bonds. The van der Waals surface area contributed by atoms with Gasteiger partial charge in [-0.15, -0.1) is 11.3 Å². The lowest BCUT2D eigenvalue weighted by Crippen LogP contribution is -2.29. The van der Waals surface area contributed by atoms with Crippen molar-refractivity contribution in [1.82, 2.24) is 14.8 Å². The Kier molecular flexibility index (Phi) is 5.39. The number of nitrogens with two attached hydrogens (primary N) is 1. The normalized spacial score (nSPS) is 10.6. The highest BCUT2D eigenvalue weighted by molar-refractivity contribution is 7.13. The number of hydrogen-bond acceptors (Lipinski definition) is 7. The number of carbonyl (C=O) groups is 1. The fourth-order valence-electron chi connectivity index (χ4n) is 3.04. The van der Waals surface area contributed by atoms with Crippen molar-refractivity contribution < 1.29 is 9.53 Å². The number of ether oxygens (including phenoxy) is 1. The van der Waals surface area contributed by atoms with Crippen LogP contribution in [0.4, 0.5) is 5.82 Å². The number of nitrogen functional groups attached to an aromatic ring is 1. The first-order valence-electron chi connectivity index (χ1n) is 9.26. The number of anilines is 1. The highest BCUT2D eigenvalue weighted by atomic mass is 32.1. The van der Waals surface area contributed by atoms with Gasteiger partial charge in [0.25, 0.3) is 11.5 Å². The largest absolute Gasteiger partial charge is 0.466 e. The van der Waals surface area contributed by atoms with Crippen LogP contribution in [0.15, 0.2) is 58.7 Å². The van der Waals surface area contributed by atoms with E-state index in [4.69, 9.17) is 10.5 Å². The number of benzene rings is 1. The lowest BCUT2D eigenvalue weighted by atomic mass is 9.99. The second-order valence-electron chi connectivity index (χ2n) is 6.76. The van der Waals surface area contributed by atoms with Crippen molar-refractivity contribution in [3.05, 3.63) is 75.4 Å². The Bertz CT molecular complexity index is 1350. The van der Waals surface area contributed by atoms with E-state index >= 15 is 0 Å². The zero-order valence-corrected chi connectivity index (χ0v) is 17.3. The van der Waals surface area contributed by atoms with Crippen molar-refractivity contribution >= 4 is 23.1 Å². The maximum Gasteiger partial charge on any atom is 0.286 e. The number of nitriles is 1. The van der Waals surface area contributed by atoms with Crippen LogP contribution in [0.3, 0.4) is 0 Å². The molecule has 0 unspecified atom stereocenters. The quantitative estimate of drug-likeness (QED) is 0.498. The zero-order valence-electron chi connectivity index (χ0n) is 16.5. The van der Waals surface area contributed by atoms with Crippen LogP contribution < -0.4 is 16.0 Å². The number of rotatable bonds is 5. The van der Waals surface area contributed by atoms with Gasteiger partial charge in [-0.25, -0.2) is 4.98 Å². The summed E-state index contributed by atoms with van der Waals surface area (Å²) in [7, 11) is 0. The third-order valence-electron chi connectivity index (χ3n) is 4.56. The smallest absolute Gasteiger partial charge is 0.286 e. The number of aryl methyl sites for hydroxylation is 1. The number of aromatic nitrogens is 3. The molecule has 0 saturated heterocycles. The lowest BCUT2D eigenvalue weighted by Gasteiger charge is -2.13. The summed E-state index contributed by atoms with van der Waals surface area (Å²) in [5.41, 5.74) is 8.31. The monoisotopic (exact) mass is 431 g/mol. The van der Waals surface area contributed by atoms with Gasteiger partial charge >= 0.3 is 0 Å². The molecule has 3 N–H and O–H groups in total. The van der Waals surface area contributed by atoms with Crippen LogP contribution in [0.1, 0.15) is 15.9 Å². The van der Waals surface area contributed by atoms with Crippen LogP contribution in [0.2, 0.25) is 0 Å². The minimum absolute atomic E-state index is 0.0184. The number of H-pyrrole nitrogens is 1. The van der Waals surface area contributed by atoms with Crippen LogP contribution in [0, 0.1) is 18.3 Å². The van der Waals surface area contributed by atoms with Gasteiger partial charge in [-0.05, 0) is 30.0 Å². The molecule has 0 aliphatic carbocycles. The van der Waals surface area contributed by atoms with Crippen molar-refractivity contribution in [2.24, 2.45) is 0 Å². The van der Waals surface area contributed by atoms with E-state index in [2.05, 4.69) is 16.2 Å².